The predicted molar refractivity (Wildman–Crippen MR) is 85.4 cm³/mol. The Morgan fingerprint density at radius 2 is 2.09 bits per heavy atom. The first-order chi connectivity index (χ1) is 10.7. The fourth-order valence-electron chi connectivity index (χ4n) is 2.23. The largest absolute Gasteiger partial charge is 0.508 e. The van der Waals surface area contributed by atoms with Gasteiger partial charge in [0.1, 0.15) is 42.0 Å². The van der Waals surface area contributed by atoms with Crippen LogP contribution >= 0.6 is 11.8 Å². The van der Waals surface area contributed by atoms with Crippen LogP contribution in [0.2, 0.25) is 0 Å². The van der Waals surface area contributed by atoms with Gasteiger partial charge in [-0.2, -0.15) is 0 Å². The number of thioether (sulfide) groups is 1. The van der Waals surface area contributed by atoms with Crippen LogP contribution in [0.15, 0.2) is 4.99 Å². The first kappa shape index (κ1) is 18.3. The molecular formula is C14H24N2O6S. The number of fused-ring (bicyclic) bond motifs is 1. The summed E-state index contributed by atoms with van der Waals surface area (Å²) in [4.78, 5) is 15.9. The van der Waals surface area contributed by atoms with E-state index in [1.807, 2.05) is 6.92 Å². The smallest absolute Gasteiger partial charge is 0.431 e. The molecule has 132 valence electrons. The number of nitrogens with zero attached hydrogens (tertiary/aromatic N) is 1. The fourth-order valence-corrected chi connectivity index (χ4v) is 3.42. The van der Waals surface area contributed by atoms with Gasteiger partial charge >= 0.3 is 6.16 Å². The molecule has 2 rings (SSSR count). The van der Waals surface area contributed by atoms with Crippen molar-refractivity contribution in [1.82, 2.24) is 5.32 Å². The maximum Gasteiger partial charge on any atom is 0.508 e. The third-order valence-corrected chi connectivity index (χ3v) is 4.34. The molecular weight excluding hydrogens is 324 g/mol. The Bertz CT molecular complexity index is 467. The van der Waals surface area contributed by atoms with E-state index in [9.17, 15) is 15.0 Å². The molecule has 2 aliphatic heterocycles. The average Bonchev–Trinajstić information content (AvgIpc) is 2.82. The summed E-state index contributed by atoms with van der Waals surface area (Å²) in [6.07, 6.45) is -3.94. The van der Waals surface area contributed by atoms with Crippen LogP contribution in [-0.4, -0.2) is 70.1 Å². The molecule has 1 fully saturated rings. The number of rotatable bonds is 3. The molecule has 0 bridgehead atoms. The Kier molecular flexibility index (Phi) is 5.77. The third kappa shape index (κ3) is 4.72. The van der Waals surface area contributed by atoms with E-state index in [1.165, 1.54) is 11.8 Å². The van der Waals surface area contributed by atoms with Crippen molar-refractivity contribution in [2.24, 2.45) is 4.99 Å². The Labute approximate surface area is 139 Å². The molecule has 0 radical (unpaired) electrons. The van der Waals surface area contributed by atoms with Gasteiger partial charge in [0.05, 0.1) is 0 Å². The number of amidine groups is 1. The quantitative estimate of drug-likeness (QED) is 0.631. The molecule has 0 aromatic rings. The van der Waals surface area contributed by atoms with Gasteiger partial charge in [-0.25, -0.2) is 4.79 Å². The fraction of sp³-hybridized carbons (Fsp3) is 0.857. The maximum atomic E-state index is 11.6. The van der Waals surface area contributed by atoms with Crippen molar-refractivity contribution in [2.75, 3.05) is 13.2 Å². The molecule has 0 saturated carbocycles. The molecule has 0 amide bonds. The molecule has 0 aromatic heterocycles. The van der Waals surface area contributed by atoms with Gasteiger partial charge < -0.3 is 29.7 Å². The Hall–Kier alpha value is -1.03. The van der Waals surface area contributed by atoms with Gasteiger partial charge in [0.2, 0.25) is 0 Å². The van der Waals surface area contributed by atoms with Gasteiger partial charge in [-0.05, 0) is 27.7 Å². The second-order valence-electron chi connectivity index (χ2n) is 6.37. The molecule has 0 spiro atoms. The summed E-state index contributed by atoms with van der Waals surface area (Å²) in [5.41, 5.74) is -1.08. The zero-order valence-electron chi connectivity index (χ0n) is 13.7. The molecule has 0 aromatic carbocycles. The zero-order chi connectivity index (χ0) is 17.2. The van der Waals surface area contributed by atoms with Crippen LogP contribution in [0, 0.1) is 0 Å². The Morgan fingerprint density at radius 1 is 1.39 bits per heavy atom. The molecule has 0 aliphatic carbocycles. The topological polar surface area (TPSA) is 110 Å². The lowest BCUT2D eigenvalue weighted by atomic mass is 9.99. The highest BCUT2D eigenvalue weighted by Crippen LogP contribution is 2.35. The summed E-state index contributed by atoms with van der Waals surface area (Å²) in [5.74, 6) is 0. The SMILES string of the molecule is CCNC1=N[C@@H]2[C@@H](O)[C@H](O)[C@@H](COC(=O)OC(C)(C)C)O[C@@H]2S1. The number of ether oxygens (including phenoxy) is 3. The first-order valence-electron chi connectivity index (χ1n) is 7.57. The molecule has 0 unspecified atom stereocenters. The van der Waals surface area contributed by atoms with Crippen LogP contribution in [0.5, 0.6) is 0 Å². The average molecular weight is 348 g/mol. The molecule has 2 aliphatic rings. The maximum absolute atomic E-state index is 11.6. The Morgan fingerprint density at radius 3 is 2.70 bits per heavy atom. The summed E-state index contributed by atoms with van der Waals surface area (Å²) in [6.45, 7) is 7.62. The summed E-state index contributed by atoms with van der Waals surface area (Å²) in [7, 11) is 0. The van der Waals surface area contributed by atoms with Gasteiger partial charge in [-0.3, -0.25) is 4.99 Å². The van der Waals surface area contributed by atoms with Gasteiger partial charge in [0, 0.05) is 6.54 Å². The summed E-state index contributed by atoms with van der Waals surface area (Å²) in [6, 6.07) is -0.540. The lowest BCUT2D eigenvalue weighted by Gasteiger charge is -2.37. The minimum atomic E-state index is -1.19. The van der Waals surface area contributed by atoms with E-state index in [4.69, 9.17) is 14.2 Å². The second-order valence-corrected chi connectivity index (χ2v) is 7.46. The van der Waals surface area contributed by atoms with Crippen LogP contribution in [-0.2, 0) is 14.2 Å². The highest BCUT2D eigenvalue weighted by Gasteiger charge is 2.48. The number of aliphatic hydroxyl groups excluding tert-OH is 2. The van der Waals surface area contributed by atoms with Gasteiger partial charge in [0.25, 0.3) is 0 Å². The van der Waals surface area contributed by atoms with E-state index in [0.717, 1.165) is 0 Å². The van der Waals surface area contributed by atoms with Crippen LogP contribution in [0.3, 0.4) is 0 Å². The minimum Gasteiger partial charge on any atom is -0.431 e. The zero-order valence-corrected chi connectivity index (χ0v) is 14.5. The summed E-state index contributed by atoms with van der Waals surface area (Å²) in [5, 5.41) is 24.1. The van der Waals surface area contributed by atoms with Crippen molar-refractivity contribution < 1.29 is 29.2 Å². The molecule has 8 nitrogen and oxygen atoms in total. The monoisotopic (exact) mass is 348 g/mol. The van der Waals surface area contributed by atoms with Crippen LogP contribution in [0.4, 0.5) is 4.79 Å². The van der Waals surface area contributed by atoms with E-state index < -0.39 is 41.5 Å². The highest BCUT2D eigenvalue weighted by atomic mass is 32.2. The van der Waals surface area contributed by atoms with Crippen molar-refractivity contribution in [3.8, 4) is 0 Å². The van der Waals surface area contributed by atoms with E-state index in [2.05, 4.69) is 10.3 Å². The van der Waals surface area contributed by atoms with Crippen molar-refractivity contribution in [1.29, 1.82) is 0 Å². The second kappa shape index (κ2) is 7.25. The van der Waals surface area contributed by atoms with E-state index in [-0.39, 0.29) is 6.61 Å². The number of aliphatic imine (C=N–C) groups is 1. The number of carbonyl (C=O) groups excluding carboxylic acids is 1. The number of carbonyl (C=O) groups is 1. The molecule has 3 N–H and O–H groups in total. The van der Waals surface area contributed by atoms with E-state index in [0.29, 0.717) is 11.7 Å². The van der Waals surface area contributed by atoms with Gasteiger partial charge in [0.15, 0.2) is 5.17 Å². The van der Waals surface area contributed by atoms with E-state index >= 15 is 0 Å². The van der Waals surface area contributed by atoms with E-state index in [1.54, 1.807) is 20.8 Å². The van der Waals surface area contributed by atoms with Crippen LogP contribution in [0.1, 0.15) is 27.7 Å². The van der Waals surface area contributed by atoms with Crippen molar-refractivity contribution >= 4 is 23.1 Å². The van der Waals surface area contributed by atoms with Crippen molar-refractivity contribution in [3.05, 3.63) is 0 Å². The number of hydrogen-bond acceptors (Lipinski definition) is 9. The molecule has 23 heavy (non-hydrogen) atoms. The molecule has 9 heteroatoms. The Balaban J connectivity index is 1.90. The number of aliphatic hydroxyl groups is 2. The first-order valence-corrected chi connectivity index (χ1v) is 8.45. The number of hydrogen-bond donors (Lipinski definition) is 3. The van der Waals surface area contributed by atoms with Crippen molar-refractivity contribution in [2.45, 2.75) is 63.1 Å². The third-order valence-electron chi connectivity index (χ3n) is 3.25. The van der Waals surface area contributed by atoms with Crippen LogP contribution in [0.25, 0.3) is 0 Å². The predicted octanol–water partition coefficient (Wildman–Crippen LogP) is 0.466. The lowest BCUT2D eigenvalue weighted by molar-refractivity contribution is -0.168. The molecule has 5 atom stereocenters. The molecule has 2 heterocycles. The minimum absolute atomic E-state index is 0.201. The van der Waals surface area contributed by atoms with Gasteiger partial charge in [-0.1, -0.05) is 11.8 Å². The number of nitrogens with one attached hydrogen (secondary N) is 1. The summed E-state index contributed by atoms with van der Waals surface area (Å²) >= 11 is 1.35. The normalized spacial score (nSPS) is 33.7. The lowest BCUT2D eigenvalue weighted by Crippen LogP contribution is -2.56. The summed E-state index contributed by atoms with van der Waals surface area (Å²) < 4.78 is 15.7. The van der Waals surface area contributed by atoms with Crippen LogP contribution < -0.4 is 5.32 Å². The van der Waals surface area contributed by atoms with Gasteiger partial charge in [-0.15, -0.1) is 0 Å². The highest BCUT2D eigenvalue weighted by molar-refractivity contribution is 8.14. The van der Waals surface area contributed by atoms with Crippen molar-refractivity contribution in [3.63, 3.8) is 0 Å². The standard InChI is InChI=1S/C14H24N2O6S/c1-5-15-12-16-8-10(18)9(17)7(21-11(8)23-12)6-20-13(19)22-14(2,3)4/h7-11,17-18H,5-6H2,1-4H3,(H,15,16)/t7-,8-,9-,10-,11-/m1/s1. The molecule has 1 saturated heterocycles.